The molecule has 62 valence electrons. The van der Waals surface area contributed by atoms with Gasteiger partial charge in [0.05, 0.1) is 0 Å². The summed E-state index contributed by atoms with van der Waals surface area (Å²) >= 11 is 0. The van der Waals surface area contributed by atoms with E-state index in [1.54, 1.807) is 0 Å². The molecule has 0 saturated heterocycles. The van der Waals surface area contributed by atoms with Crippen LogP contribution in [0.5, 0.6) is 0 Å². The summed E-state index contributed by atoms with van der Waals surface area (Å²) in [5.41, 5.74) is 3.05. The molecule has 0 spiro atoms. The van der Waals surface area contributed by atoms with Crippen molar-refractivity contribution in [3.63, 3.8) is 0 Å². The van der Waals surface area contributed by atoms with Crippen molar-refractivity contribution >= 4 is 0 Å². The summed E-state index contributed by atoms with van der Waals surface area (Å²) in [4.78, 5) is 3.26. The fourth-order valence-corrected chi connectivity index (χ4v) is 1.24. The highest BCUT2D eigenvalue weighted by Crippen LogP contribution is 2.19. The maximum Gasteiger partial charge on any atom is 0.0155 e. The van der Waals surface area contributed by atoms with Gasteiger partial charge in [-0.25, -0.2) is 0 Å². The fraction of sp³-hybridized carbons (Fsp3) is 0.600. The molecule has 1 aromatic rings. The lowest BCUT2D eigenvalue weighted by Gasteiger charge is -2.16. The van der Waals surface area contributed by atoms with E-state index in [9.17, 15) is 0 Å². The van der Waals surface area contributed by atoms with Gasteiger partial charge in [-0.2, -0.15) is 0 Å². The zero-order valence-electron chi connectivity index (χ0n) is 7.86. The van der Waals surface area contributed by atoms with Crippen molar-refractivity contribution in [2.45, 2.75) is 34.1 Å². The van der Waals surface area contributed by atoms with Gasteiger partial charge in [0, 0.05) is 11.9 Å². The number of hydrogen-bond acceptors (Lipinski definition) is 0. The zero-order chi connectivity index (χ0) is 8.48. The SMILES string of the molecule is Cc1c[nH]c(CC(C)(C)C)c1. The van der Waals surface area contributed by atoms with E-state index < -0.39 is 0 Å². The Morgan fingerprint density at radius 2 is 2.00 bits per heavy atom. The van der Waals surface area contributed by atoms with Crippen LogP contribution in [0.15, 0.2) is 12.3 Å². The largest absolute Gasteiger partial charge is 0.365 e. The van der Waals surface area contributed by atoms with Gasteiger partial charge >= 0.3 is 0 Å². The minimum atomic E-state index is 0.386. The van der Waals surface area contributed by atoms with Gasteiger partial charge < -0.3 is 4.98 Å². The van der Waals surface area contributed by atoms with E-state index in [0.717, 1.165) is 6.42 Å². The second kappa shape index (κ2) is 2.72. The van der Waals surface area contributed by atoms with Crippen LogP contribution in [0.2, 0.25) is 0 Å². The van der Waals surface area contributed by atoms with Gasteiger partial charge in [-0.1, -0.05) is 20.8 Å². The van der Waals surface area contributed by atoms with E-state index in [-0.39, 0.29) is 0 Å². The van der Waals surface area contributed by atoms with Crippen LogP contribution in [-0.4, -0.2) is 4.98 Å². The first kappa shape index (κ1) is 8.38. The van der Waals surface area contributed by atoms with E-state index in [1.165, 1.54) is 11.3 Å². The first-order chi connectivity index (χ1) is 4.97. The molecular formula is C10H17N. The van der Waals surface area contributed by atoms with Crippen LogP contribution in [0.4, 0.5) is 0 Å². The lowest BCUT2D eigenvalue weighted by molar-refractivity contribution is 0.407. The molecule has 0 fully saturated rings. The Balaban J connectivity index is 2.65. The third-order valence-electron chi connectivity index (χ3n) is 1.61. The molecule has 1 heterocycles. The van der Waals surface area contributed by atoms with Gasteiger partial charge in [0.1, 0.15) is 0 Å². The minimum absolute atomic E-state index is 0.386. The smallest absolute Gasteiger partial charge is 0.0155 e. The van der Waals surface area contributed by atoms with Crippen molar-refractivity contribution in [1.82, 2.24) is 4.98 Å². The second-order valence-corrected chi connectivity index (χ2v) is 4.44. The van der Waals surface area contributed by atoms with Crippen LogP contribution >= 0.6 is 0 Å². The molecule has 0 amide bonds. The molecule has 11 heavy (non-hydrogen) atoms. The van der Waals surface area contributed by atoms with Crippen molar-refractivity contribution < 1.29 is 0 Å². The number of aromatic nitrogens is 1. The number of rotatable bonds is 1. The summed E-state index contributed by atoms with van der Waals surface area (Å²) in [5.74, 6) is 0. The van der Waals surface area contributed by atoms with Crippen molar-refractivity contribution in [3.05, 3.63) is 23.5 Å². The first-order valence-corrected chi connectivity index (χ1v) is 4.11. The lowest BCUT2D eigenvalue weighted by Crippen LogP contribution is -2.09. The normalized spacial score (nSPS) is 12.0. The molecule has 1 nitrogen and oxygen atoms in total. The molecule has 0 unspecified atom stereocenters. The highest BCUT2D eigenvalue weighted by molar-refractivity contribution is 5.15. The van der Waals surface area contributed by atoms with Crippen molar-refractivity contribution in [3.8, 4) is 0 Å². The molecule has 0 aliphatic carbocycles. The lowest BCUT2D eigenvalue weighted by atomic mass is 9.91. The van der Waals surface area contributed by atoms with Gasteiger partial charge in [0.2, 0.25) is 0 Å². The van der Waals surface area contributed by atoms with Gasteiger partial charge in [-0.3, -0.25) is 0 Å². The average molecular weight is 151 g/mol. The van der Waals surface area contributed by atoms with Gasteiger partial charge in [-0.15, -0.1) is 0 Å². The number of aryl methyl sites for hydroxylation is 1. The maximum atomic E-state index is 3.26. The monoisotopic (exact) mass is 151 g/mol. The predicted octanol–water partition coefficient (Wildman–Crippen LogP) is 2.91. The summed E-state index contributed by atoms with van der Waals surface area (Å²) in [6.07, 6.45) is 3.18. The summed E-state index contributed by atoms with van der Waals surface area (Å²) in [5, 5.41) is 0. The average Bonchev–Trinajstić information content (AvgIpc) is 2.10. The van der Waals surface area contributed by atoms with Crippen molar-refractivity contribution in [2.75, 3.05) is 0 Å². The zero-order valence-corrected chi connectivity index (χ0v) is 7.86. The van der Waals surface area contributed by atoms with E-state index in [0.29, 0.717) is 5.41 Å². The Hall–Kier alpha value is -0.720. The molecule has 1 heteroatoms. The third-order valence-corrected chi connectivity index (χ3v) is 1.61. The highest BCUT2D eigenvalue weighted by Gasteiger charge is 2.11. The van der Waals surface area contributed by atoms with Crippen LogP contribution in [0.25, 0.3) is 0 Å². The van der Waals surface area contributed by atoms with E-state index in [4.69, 9.17) is 0 Å². The Labute approximate surface area is 68.8 Å². The van der Waals surface area contributed by atoms with Crippen molar-refractivity contribution in [1.29, 1.82) is 0 Å². The quantitative estimate of drug-likeness (QED) is 0.635. The minimum Gasteiger partial charge on any atom is -0.365 e. The number of aromatic amines is 1. The summed E-state index contributed by atoms with van der Waals surface area (Å²) in [7, 11) is 0. The molecule has 0 atom stereocenters. The molecular weight excluding hydrogens is 134 g/mol. The molecule has 0 aromatic carbocycles. The van der Waals surface area contributed by atoms with Crippen molar-refractivity contribution in [2.24, 2.45) is 5.41 Å². The molecule has 0 aliphatic heterocycles. The number of hydrogen-bond donors (Lipinski definition) is 1. The molecule has 0 bridgehead atoms. The Kier molecular flexibility index (Phi) is 2.08. The fourth-order valence-electron chi connectivity index (χ4n) is 1.24. The maximum absolute atomic E-state index is 3.26. The number of nitrogens with one attached hydrogen (secondary N) is 1. The summed E-state index contributed by atoms with van der Waals surface area (Å²) in [6, 6.07) is 2.21. The topological polar surface area (TPSA) is 15.8 Å². The van der Waals surface area contributed by atoms with Gasteiger partial charge in [0.15, 0.2) is 0 Å². The molecule has 1 rings (SSSR count). The van der Waals surface area contributed by atoms with Crippen LogP contribution in [0.3, 0.4) is 0 Å². The van der Waals surface area contributed by atoms with E-state index in [1.807, 2.05) is 0 Å². The van der Waals surface area contributed by atoms with Crippen LogP contribution < -0.4 is 0 Å². The predicted molar refractivity (Wildman–Crippen MR) is 48.7 cm³/mol. The van der Waals surface area contributed by atoms with E-state index in [2.05, 4.69) is 44.9 Å². The van der Waals surface area contributed by atoms with Crippen LogP contribution in [0.1, 0.15) is 32.0 Å². The Morgan fingerprint density at radius 3 is 2.36 bits per heavy atom. The molecule has 0 saturated carbocycles. The van der Waals surface area contributed by atoms with Crippen LogP contribution in [0, 0.1) is 12.3 Å². The Morgan fingerprint density at radius 1 is 1.36 bits per heavy atom. The molecule has 1 aromatic heterocycles. The highest BCUT2D eigenvalue weighted by atomic mass is 14.7. The molecule has 1 N–H and O–H groups in total. The summed E-state index contributed by atoms with van der Waals surface area (Å²) < 4.78 is 0. The number of H-pyrrole nitrogens is 1. The Bertz CT molecular complexity index is 227. The molecule has 0 aliphatic rings. The third kappa shape index (κ3) is 2.79. The van der Waals surface area contributed by atoms with E-state index >= 15 is 0 Å². The van der Waals surface area contributed by atoms with Gasteiger partial charge in [0.25, 0.3) is 0 Å². The van der Waals surface area contributed by atoms with Gasteiger partial charge in [-0.05, 0) is 30.4 Å². The molecule has 0 radical (unpaired) electrons. The summed E-state index contributed by atoms with van der Waals surface area (Å²) in [6.45, 7) is 8.87. The standard InChI is InChI=1S/C10H17N/c1-8-5-9(11-7-8)6-10(2,3)4/h5,7,11H,6H2,1-4H3. The second-order valence-electron chi connectivity index (χ2n) is 4.44. The van der Waals surface area contributed by atoms with Crippen LogP contribution in [-0.2, 0) is 6.42 Å². The first-order valence-electron chi connectivity index (χ1n) is 4.11.